The van der Waals surface area contributed by atoms with Gasteiger partial charge in [0.05, 0.1) is 18.4 Å². The van der Waals surface area contributed by atoms with E-state index in [4.69, 9.17) is 19.4 Å². The molecular weight excluding hydrogens is 560 g/mol. The fraction of sp³-hybridized carbons (Fsp3) is 0.481. The van der Waals surface area contributed by atoms with Crippen LogP contribution in [0, 0.1) is 0 Å². The van der Waals surface area contributed by atoms with Crippen molar-refractivity contribution in [1.29, 1.82) is 0 Å². The minimum Gasteiger partial charge on any atom is -0.497 e. The number of carbonyl (C=O) groups is 2. The molecule has 1 aliphatic heterocycles. The van der Waals surface area contributed by atoms with E-state index in [1.807, 2.05) is 18.2 Å². The number of hydrogen-bond donors (Lipinski definition) is 2. The summed E-state index contributed by atoms with van der Waals surface area (Å²) in [6.07, 6.45) is -8.98. The number of halogens is 6. The molecule has 0 atom stereocenters. The second kappa shape index (κ2) is 13.8. The quantitative estimate of drug-likeness (QED) is 0.343. The summed E-state index contributed by atoms with van der Waals surface area (Å²) in [5, 5.41) is 9.70. The molecule has 0 saturated heterocycles. The van der Waals surface area contributed by atoms with E-state index in [9.17, 15) is 31.1 Å². The van der Waals surface area contributed by atoms with Crippen LogP contribution in [0.4, 0.5) is 42.5 Å². The lowest BCUT2D eigenvalue weighted by Crippen LogP contribution is -2.39. The number of anilines is 2. The van der Waals surface area contributed by atoms with Gasteiger partial charge in [-0.2, -0.15) is 26.3 Å². The van der Waals surface area contributed by atoms with E-state index in [-0.39, 0.29) is 11.4 Å². The highest BCUT2D eigenvalue weighted by Crippen LogP contribution is 2.35. The summed E-state index contributed by atoms with van der Waals surface area (Å²) < 4.78 is 82.3. The maximum absolute atomic E-state index is 13.2. The van der Waals surface area contributed by atoms with E-state index in [0.717, 1.165) is 24.2 Å². The van der Waals surface area contributed by atoms with Gasteiger partial charge in [0.2, 0.25) is 0 Å². The summed E-state index contributed by atoms with van der Waals surface area (Å²) in [4.78, 5) is 25.7. The first-order chi connectivity index (χ1) is 18.9. The van der Waals surface area contributed by atoms with Crippen LogP contribution in [-0.4, -0.2) is 67.1 Å². The Morgan fingerprint density at radius 1 is 1.00 bits per heavy atom. The predicted octanol–water partition coefficient (Wildman–Crippen LogP) is 6.44. The van der Waals surface area contributed by atoms with Crippen molar-refractivity contribution < 1.29 is 50.5 Å². The Bertz CT molecular complexity index is 1190. The second-order valence-electron chi connectivity index (χ2n) is 9.65. The monoisotopic (exact) mass is 593 g/mol. The lowest BCUT2D eigenvalue weighted by molar-refractivity contribution is -0.192. The molecule has 3 rings (SSSR count). The Morgan fingerprint density at radius 3 is 2.12 bits per heavy atom. The van der Waals surface area contributed by atoms with Gasteiger partial charge in [-0.05, 0) is 57.9 Å². The van der Waals surface area contributed by atoms with Crippen molar-refractivity contribution in [3.05, 3.63) is 47.5 Å². The van der Waals surface area contributed by atoms with Crippen LogP contribution in [0.15, 0.2) is 36.4 Å². The number of nitrogens with zero attached hydrogens (tertiary/aromatic N) is 2. The van der Waals surface area contributed by atoms with Gasteiger partial charge >= 0.3 is 24.4 Å². The molecule has 0 aromatic heterocycles. The third-order valence-corrected chi connectivity index (χ3v) is 6.11. The minimum atomic E-state index is -5.08. The fourth-order valence-electron chi connectivity index (χ4n) is 4.19. The molecule has 2 aromatic carbocycles. The van der Waals surface area contributed by atoms with E-state index in [2.05, 4.69) is 37.9 Å². The number of aliphatic carboxylic acids is 1. The third-order valence-electron chi connectivity index (χ3n) is 6.11. The van der Waals surface area contributed by atoms with Gasteiger partial charge in [-0.15, -0.1) is 0 Å². The molecule has 1 heterocycles. The van der Waals surface area contributed by atoms with Crippen LogP contribution in [0.5, 0.6) is 11.5 Å². The van der Waals surface area contributed by atoms with Gasteiger partial charge in [0.25, 0.3) is 0 Å². The molecule has 0 spiro atoms. The van der Waals surface area contributed by atoms with Gasteiger partial charge in [-0.1, -0.05) is 6.07 Å². The Labute approximate surface area is 233 Å². The molecular formula is C27H33F6N3O5. The summed E-state index contributed by atoms with van der Waals surface area (Å²) in [5.41, 5.74) is 0.796. The van der Waals surface area contributed by atoms with Crippen LogP contribution in [0.2, 0.25) is 0 Å². The van der Waals surface area contributed by atoms with E-state index in [1.165, 1.54) is 18.1 Å². The van der Waals surface area contributed by atoms with Crippen molar-refractivity contribution >= 4 is 23.4 Å². The zero-order valence-electron chi connectivity index (χ0n) is 23.2. The Kier molecular flexibility index (Phi) is 11.3. The maximum atomic E-state index is 13.2. The Morgan fingerprint density at radius 2 is 1.61 bits per heavy atom. The van der Waals surface area contributed by atoms with Crippen molar-refractivity contribution in [2.45, 2.75) is 58.6 Å². The molecule has 1 aliphatic rings. The van der Waals surface area contributed by atoms with Crippen LogP contribution in [-0.2, 0) is 17.4 Å². The number of alkyl halides is 6. The van der Waals surface area contributed by atoms with Crippen molar-refractivity contribution in [2.75, 3.05) is 37.0 Å². The first kappa shape index (κ1) is 33.5. The largest absolute Gasteiger partial charge is 0.497 e. The number of amides is 2. The molecule has 0 aliphatic carbocycles. The molecule has 41 heavy (non-hydrogen) atoms. The first-order valence-electron chi connectivity index (χ1n) is 12.6. The zero-order chi connectivity index (χ0) is 31.1. The number of ether oxygens (including phenoxy) is 2. The number of rotatable bonds is 8. The fourth-order valence-corrected chi connectivity index (χ4v) is 4.19. The number of carboxylic acids is 1. The number of carboxylic acid groups (broad SMARTS) is 1. The molecule has 2 aromatic rings. The zero-order valence-corrected chi connectivity index (χ0v) is 23.2. The van der Waals surface area contributed by atoms with Crippen LogP contribution in [0.1, 0.15) is 38.8 Å². The molecule has 0 radical (unpaired) electrons. The van der Waals surface area contributed by atoms with E-state index < -0.39 is 29.9 Å². The van der Waals surface area contributed by atoms with Gasteiger partial charge in [-0.25, -0.2) is 9.59 Å². The summed E-state index contributed by atoms with van der Waals surface area (Å²) in [6.45, 7) is 10.3. The summed E-state index contributed by atoms with van der Waals surface area (Å²) >= 11 is 0. The van der Waals surface area contributed by atoms with Crippen molar-refractivity contribution in [2.24, 2.45) is 0 Å². The highest BCUT2D eigenvalue weighted by atomic mass is 19.4. The molecule has 228 valence electrons. The number of urea groups is 1. The maximum Gasteiger partial charge on any atom is 0.490 e. The van der Waals surface area contributed by atoms with Crippen molar-refractivity contribution in [3.63, 3.8) is 0 Å². The van der Waals surface area contributed by atoms with Crippen molar-refractivity contribution in [1.82, 2.24) is 4.90 Å². The molecule has 14 heteroatoms. The Hall–Kier alpha value is -3.68. The molecule has 0 fully saturated rings. The number of methoxy groups -OCH3 is 1. The smallest absolute Gasteiger partial charge is 0.490 e. The predicted molar refractivity (Wildman–Crippen MR) is 141 cm³/mol. The van der Waals surface area contributed by atoms with Crippen LogP contribution >= 0.6 is 0 Å². The summed E-state index contributed by atoms with van der Waals surface area (Å²) in [5.74, 6) is -2.10. The number of benzene rings is 2. The second-order valence-corrected chi connectivity index (χ2v) is 9.65. The highest BCUT2D eigenvalue weighted by Gasteiger charge is 2.38. The van der Waals surface area contributed by atoms with E-state index in [1.54, 1.807) is 0 Å². The van der Waals surface area contributed by atoms with E-state index in [0.29, 0.717) is 43.1 Å². The lowest BCUT2D eigenvalue weighted by Gasteiger charge is -2.30. The average molecular weight is 594 g/mol. The van der Waals surface area contributed by atoms with Crippen LogP contribution < -0.4 is 19.7 Å². The SMILES string of the molecule is COc1cc(NC(=O)N2CCc3ccc(OCCN(C(C)C)C(C)C)cc32)cc(C(F)(F)F)c1.O=C(O)C(F)(F)F. The number of carbonyl (C=O) groups excluding carboxylic acids is 1. The van der Waals surface area contributed by atoms with Crippen molar-refractivity contribution in [3.8, 4) is 11.5 Å². The minimum absolute atomic E-state index is 0.0134. The van der Waals surface area contributed by atoms with E-state index >= 15 is 0 Å². The highest BCUT2D eigenvalue weighted by molar-refractivity contribution is 6.03. The number of hydrogen-bond acceptors (Lipinski definition) is 5. The number of nitrogens with one attached hydrogen (secondary N) is 1. The molecule has 2 amide bonds. The molecule has 2 N–H and O–H groups in total. The molecule has 0 saturated carbocycles. The van der Waals surface area contributed by atoms with Gasteiger partial charge in [0.15, 0.2) is 0 Å². The third kappa shape index (κ3) is 9.73. The van der Waals surface area contributed by atoms with Gasteiger partial charge < -0.3 is 19.9 Å². The normalized spacial score (nSPS) is 13.2. The number of fused-ring (bicyclic) bond motifs is 1. The Balaban J connectivity index is 0.000000745. The standard InChI is InChI=1S/C25H32F3N3O3.C2HF3O2/c1-16(2)30(17(3)4)10-11-34-21-7-6-18-8-9-31(23(18)15-21)24(32)29-20-12-19(25(26,27)28)13-22(14-20)33-5;3-2(4,5)1(6)7/h6-7,12-17H,8-11H2,1-5H3,(H,29,32);(H,6,7). The average Bonchev–Trinajstić information content (AvgIpc) is 3.28. The lowest BCUT2D eigenvalue weighted by atomic mass is 10.1. The molecule has 0 unspecified atom stereocenters. The first-order valence-corrected chi connectivity index (χ1v) is 12.6. The van der Waals surface area contributed by atoms with Crippen LogP contribution in [0.3, 0.4) is 0 Å². The topological polar surface area (TPSA) is 91.3 Å². The van der Waals surface area contributed by atoms with Gasteiger partial charge in [0, 0.05) is 43.0 Å². The van der Waals surface area contributed by atoms with Gasteiger partial charge in [0.1, 0.15) is 18.1 Å². The van der Waals surface area contributed by atoms with Gasteiger partial charge in [-0.3, -0.25) is 9.80 Å². The molecule has 8 nitrogen and oxygen atoms in total. The van der Waals surface area contributed by atoms with Crippen LogP contribution in [0.25, 0.3) is 0 Å². The molecule has 0 bridgehead atoms. The summed E-state index contributed by atoms with van der Waals surface area (Å²) in [7, 11) is 1.28. The summed E-state index contributed by atoms with van der Waals surface area (Å²) in [6, 6.07) is 9.05.